The molecule has 3 N–H and O–H groups in total. The predicted molar refractivity (Wildman–Crippen MR) is 90.9 cm³/mol. The highest BCUT2D eigenvalue weighted by molar-refractivity contribution is 5.94. The molecule has 5 atom stereocenters. The Morgan fingerprint density at radius 1 is 0.885 bits per heavy atom. The minimum absolute atomic E-state index is 0.337. The first-order valence-electron chi connectivity index (χ1n) is 8.88. The van der Waals surface area contributed by atoms with Gasteiger partial charge in [-0.3, -0.25) is 0 Å². The average Bonchev–Trinajstić information content (AvgIpc) is 3.39. The minimum atomic E-state index is -1.45. The van der Waals surface area contributed by atoms with E-state index in [2.05, 4.69) is 0 Å². The lowest BCUT2D eigenvalue weighted by Crippen LogP contribution is -2.70. The summed E-state index contributed by atoms with van der Waals surface area (Å²) in [6.45, 7) is 0. The lowest BCUT2D eigenvalue weighted by atomic mass is 9.66. The SMILES string of the molecule is OC1C=CC2(Oc3cccc4cccc(c34)O2)C23OC12C(O)CCC3O. The lowest BCUT2D eigenvalue weighted by Gasteiger charge is -2.48. The van der Waals surface area contributed by atoms with Gasteiger partial charge in [0.25, 0.3) is 0 Å². The Balaban J connectivity index is 1.59. The molecule has 6 heteroatoms. The van der Waals surface area contributed by atoms with Crippen LogP contribution in [-0.4, -0.2) is 50.6 Å². The maximum Gasteiger partial charge on any atom is 0.306 e. The van der Waals surface area contributed by atoms with Gasteiger partial charge in [0, 0.05) is 6.08 Å². The molecule has 0 amide bonds. The number of hydrogen-bond donors (Lipinski definition) is 3. The molecule has 6 nitrogen and oxygen atoms in total. The standard InChI is InChI=1S/C20H18O6/c21-14-7-8-16(23)20-18(10-9-15(22)19(14,20)26-20)24-12-5-1-3-11-4-2-6-13(25-18)17(11)12/h1-6,9-10,14-16,21-23H,7-8H2. The van der Waals surface area contributed by atoms with Crippen LogP contribution in [0.1, 0.15) is 12.8 Å². The second kappa shape index (κ2) is 4.40. The summed E-state index contributed by atoms with van der Waals surface area (Å²) in [6, 6.07) is 11.4. The van der Waals surface area contributed by atoms with E-state index in [1.54, 1.807) is 6.08 Å². The highest BCUT2D eigenvalue weighted by Gasteiger charge is 2.91. The van der Waals surface area contributed by atoms with Crippen molar-refractivity contribution in [1.29, 1.82) is 0 Å². The summed E-state index contributed by atoms with van der Waals surface area (Å²) in [7, 11) is 0. The van der Waals surface area contributed by atoms with Crippen LogP contribution in [0, 0.1) is 0 Å². The molecule has 0 bridgehead atoms. The van der Waals surface area contributed by atoms with Crippen LogP contribution in [0.3, 0.4) is 0 Å². The molecule has 2 aromatic rings. The molecular weight excluding hydrogens is 336 g/mol. The molecule has 5 unspecified atom stereocenters. The first-order chi connectivity index (χ1) is 12.5. The largest absolute Gasteiger partial charge is 0.445 e. The van der Waals surface area contributed by atoms with Crippen molar-refractivity contribution in [2.75, 3.05) is 0 Å². The van der Waals surface area contributed by atoms with Gasteiger partial charge in [0.15, 0.2) is 5.60 Å². The monoisotopic (exact) mass is 354 g/mol. The van der Waals surface area contributed by atoms with Gasteiger partial charge in [0.1, 0.15) is 17.6 Å². The Bertz CT molecular complexity index is 929. The van der Waals surface area contributed by atoms with Crippen molar-refractivity contribution in [2.45, 2.75) is 48.1 Å². The van der Waals surface area contributed by atoms with E-state index in [1.807, 2.05) is 36.4 Å². The van der Waals surface area contributed by atoms with Crippen LogP contribution in [-0.2, 0) is 4.74 Å². The number of hydrogen-bond acceptors (Lipinski definition) is 6. The molecule has 4 aliphatic rings. The van der Waals surface area contributed by atoms with Gasteiger partial charge in [-0.2, -0.15) is 0 Å². The van der Waals surface area contributed by atoms with Crippen molar-refractivity contribution in [2.24, 2.45) is 0 Å². The molecule has 1 saturated carbocycles. The van der Waals surface area contributed by atoms with Crippen LogP contribution in [0.25, 0.3) is 10.8 Å². The summed E-state index contributed by atoms with van der Waals surface area (Å²) in [6.07, 6.45) is 0.926. The molecule has 1 saturated heterocycles. The number of rotatable bonds is 0. The van der Waals surface area contributed by atoms with Crippen molar-refractivity contribution < 1.29 is 29.5 Å². The predicted octanol–water partition coefficient (Wildman–Crippen LogP) is 1.26. The van der Waals surface area contributed by atoms with E-state index in [9.17, 15) is 15.3 Å². The van der Waals surface area contributed by atoms with Crippen molar-refractivity contribution in [3.63, 3.8) is 0 Å². The number of ether oxygens (including phenoxy) is 3. The Kier molecular flexibility index (Phi) is 2.54. The van der Waals surface area contributed by atoms with Gasteiger partial charge in [-0.05, 0) is 36.4 Å². The first-order valence-corrected chi connectivity index (χ1v) is 8.88. The van der Waals surface area contributed by atoms with Crippen LogP contribution in [0.4, 0.5) is 0 Å². The van der Waals surface area contributed by atoms with Gasteiger partial charge >= 0.3 is 5.79 Å². The van der Waals surface area contributed by atoms with Crippen LogP contribution in [0.2, 0.25) is 0 Å². The molecule has 2 aliphatic heterocycles. The third kappa shape index (κ3) is 1.39. The van der Waals surface area contributed by atoms with E-state index in [1.165, 1.54) is 6.08 Å². The molecule has 2 aromatic carbocycles. The number of epoxide rings is 1. The summed E-state index contributed by atoms with van der Waals surface area (Å²) >= 11 is 0. The average molecular weight is 354 g/mol. The van der Waals surface area contributed by atoms with Gasteiger partial charge in [-0.25, -0.2) is 0 Å². The number of aliphatic hydroxyl groups is 3. The van der Waals surface area contributed by atoms with Gasteiger partial charge in [0.2, 0.25) is 5.60 Å². The van der Waals surface area contributed by atoms with Gasteiger partial charge in [-0.1, -0.05) is 24.3 Å². The molecule has 26 heavy (non-hydrogen) atoms. The Morgan fingerprint density at radius 3 is 2.23 bits per heavy atom. The highest BCUT2D eigenvalue weighted by Crippen LogP contribution is 2.68. The molecule has 2 heterocycles. The van der Waals surface area contributed by atoms with Crippen molar-refractivity contribution >= 4 is 10.8 Å². The molecule has 2 aliphatic carbocycles. The van der Waals surface area contributed by atoms with E-state index >= 15 is 0 Å². The zero-order chi connectivity index (χ0) is 17.7. The van der Waals surface area contributed by atoms with E-state index in [0.717, 1.165) is 10.8 Å². The maximum absolute atomic E-state index is 10.9. The minimum Gasteiger partial charge on any atom is -0.445 e. The van der Waals surface area contributed by atoms with Gasteiger partial charge in [-0.15, -0.1) is 0 Å². The topological polar surface area (TPSA) is 91.7 Å². The number of benzene rings is 2. The summed E-state index contributed by atoms with van der Waals surface area (Å²) in [4.78, 5) is 0. The van der Waals surface area contributed by atoms with Crippen molar-refractivity contribution in [1.82, 2.24) is 0 Å². The highest BCUT2D eigenvalue weighted by atomic mass is 16.8. The third-order valence-electron chi connectivity index (χ3n) is 6.35. The zero-order valence-electron chi connectivity index (χ0n) is 13.8. The van der Waals surface area contributed by atoms with Gasteiger partial charge < -0.3 is 29.5 Å². The Hall–Kier alpha value is -2.12. The van der Waals surface area contributed by atoms with Crippen LogP contribution in [0.15, 0.2) is 48.6 Å². The number of aliphatic hydroxyl groups excluding tert-OH is 3. The fourth-order valence-corrected chi connectivity index (χ4v) is 5.17. The smallest absolute Gasteiger partial charge is 0.306 e. The molecule has 0 aromatic heterocycles. The molecular formula is C20H18O6. The summed E-state index contributed by atoms with van der Waals surface area (Å²) in [5, 5.41) is 33.9. The van der Waals surface area contributed by atoms with Gasteiger partial charge in [0.05, 0.1) is 17.6 Å². The summed E-state index contributed by atoms with van der Waals surface area (Å²) in [5.41, 5.74) is -2.68. The fourth-order valence-electron chi connectivity index (χ4n) is 5.17. The van der Waals surface area contributed by atoms with E-state index < -0.39 is 35.3 Å². The first kappa shape index (κ1) is 15.0. The summed E-state index contributed by atoms with van der Waals surface area (Å²) < 4.78 is 18.6. The van der Waals surface area contributed by atoms with Crippen LogP contribution >= 0.6 is 0 Å². The quantitative estimate of drug-likeness (QED) is 0.487. The molecule has 2 fully saturated rings. The third-order valence-corrected chi connectivity index (χ3v) is 6.35. The lowest BCUT2D eigenvalue weighted by molar-refractivity contribution is -0.177. The molecule has 1 spiro atoms. The van der Waals surface area contributed by atoms with Crippen LogP contribution in [0.5, 0.6) is 11.5 Å². The molecule has 0 radical (unpaired) electrons. The zero-order valence-corrected chi connectivity index (χ0v) is 13.8. The van der Waals surface area contributed by atoms with Crippen LogP contribution < -0.4 is 9.47 Å². The Labute approximate surface area is 149 Å². The van der Waals surface area contributed by atoms with E-state index in [-0.39, 0.29) is 0 Å². The van der Waals surface area contributed by atoms with E-state index in [4.69, 9.17) is 14.2 Å². The normalized spacial score (nSPS) is 41.1. The van der Waals surface area contributed by atoms with Crippen molar-refractivity contribution in [3.8, 4) is 11.5 Å². The summed E-state index contributed by atoms with van der Waals surface area (Å²) in [5.74, 6) is -0.205. The second-order valence-electron chi connectivity index (χ2n) is 7.53. The Morgan fingerprint density at radius 2 is 1.54 bits per heavy atom. The molecule has 6 rings (SSSR count). The fraction of sp³-hybridized carbons (Fsp3) is 0.400. The van der Waals surface area contributed by atoms with Crippen molar-refractivity contribution in [3.05, 3.63) is 48.6 Å². The molecule has 134 valence electrons. The van der Waals surface area contributed by atoms with E-state index in [0.29, 0.717) is 24.3 Å². The second-order valence-corrected chi connectivity index (χ2v) is 7.53. The maximum atomic E-state index is 10.9.